The lowest BCUT2D eigenvalue weighted by atomic mass is 10.00. The van der Waals surface area contributed by atoms with E-state index in [9.17, 15) is 9.59 Å². The van der Waals surface area contributed by atoms with E-state index in [-0.39, 0.29) is 6.10 Å². The molecule has 0 unspecified atom stereocenters. The van der Waals surface area contributed by atoms with Crippen molar-refractivity contribution in [3.05, 3.63) is 59.7 Å². The molecule has 2 rings (SSSR count). The Bertz CT molecular complexity index is 806. The Morgan fingerprint density at radius 1 is 0.742 bits per heavy atom. The van der Waals surface area contributed by atoms with Gasteiger partial charge in [-0.1, -0.05) is 75.4 Å². The molecular formula is C27H36O4. The van der Waals surface area contributed by atoms with Crippen LogP contribution >= 0.6 is 0 Å². The minimum Gasteiger partial charge on any atom is -0.460 e. The predicted octanol–water partition coefficient (Wildman–Crippen LogP) is 6.75. The molecule has 0 amide bonds. The van der Waals surface area contributed by atoms with Gasteiger partial charge in [0.25, 0.3) is 0 Å². The Morgan fingerprint density at radius 3 is 1.87 bits per heavy atom. The van der Waals surface area contributed by atoms with Gasteiger partial charge in [0.1, 0.15) is 0 Å². The number of aryl methyl sites for hydroxylation is 1. The zero-order valence-corrected chi connectivity index (χ0v) is 19.4. The average molecular weight is 425 g/mol. The first kappa shape index (κ1) is 24.6. The molecule has 0 saturated carbocycles. The fraction of sp³-hybridized carbons (Fsp3) is 0.481. The summed E-state index contributed by atoms with van der Waals surface area (Å²) in [7, 11) is 0. The van der Waals surface area contributed by atoms with Crippen LogP contribution in [0.2, 0.25) is 0 Å². The Hall–Kier alpha value is -2.62. The Balaban J connectivity index is 1.86. The molecule has 2 aromatic rings. The first-order chi connectivity index (χ1) is 14.9. The highest BCUT2D eigenvalue weighted by molar-refractivity contribution is 5.92. The van der Waals surface area contributed by atoms with Gasteiger partial charge in [0.05, 0.1) is 11.7 Å². The average Bonchev–Trinajstić information content (AvgIpc) is 2.76. The summed E-state index contributed by atoms with van der Waals surface area (Å²) in [5, 5.41) is 0. The number of ether oxygens (including phenoxy) is 2. The van der Waals surface area contributed by atoms with E-state index in [1.807, 2.05) is 12.1 Å². The number of carbonyl (C=O) groups excluding carboxylic acids is 2. The lowest BCUT2D eigenvalue weighted by molar-refractivity contribution is -0.156. The van der Waals surface area contributed by atoms with E-state index >= 15 is 0 Å². The second kappa shape index (κ2) is 12.9. The van der Waals surface area contributed by atoms with Crippen molar-refractivity contribution >= 4 is 11.9 Å². The molecule has 0 saturated heterocycles. The molecule has 2 aromatic carbocycles. The van der Waals surface area contributed by atoms with Crippen LogP contribution in [0, 0.1) is 0 Å². The number of unbranched alkanes of at least 4 members (excludes halogenated alkanes) is 5. The monoisotopic (exact) mass is 424 g/mol. The molecule has 31 heavy (non-hydrogen) atoms. The second-order valence-electron chi connectivity index (χ2n) is 8.33. The lowest BCUT2D eigenvalue weighted by Gasteiger charge is -2.14. The molecule has 0 radical (unpaired) electrons. The van der Waals surface area contributed by atoms with Gasteiger partial charge in [0.15, 0.2) is 6.10 Å². The van der Waals surface area contributed by atoms with E-state index in [1.165, 1.54) is 51.0 Å². The molecular weight excluding hydrogens is 388 g/mol. The van der Waals surface area contributed by atoms with Crippen LogP contribution in [0.3, 0.4) is 0 Å². The summed E-state index contributed by atoms with van der Waals surface area (Å²) in [4.78, 5) is 24.1. The van der Waals surface area contributed by atoms with Crippen molar-refractivity contribution in [3.63, 3.8) is 0 Å². The van der Waals surface area contributed by atoms with Crippen molar-refractivity contribution in [2.24, 2.45) is 0 Å². The number of carbonyl (C=O) groups is 2. The van der Waals surface area contributed by atoms with Crippen LogP contribution in [0.1, 0.15) is 82.1 Å². The molecule has 4 nitrogen and oxygen atoms in total. The van der Waals surface area contributed by atoms with Gasteiger partial charge in [-0.2, -0.15) is 0 Å². The van der Waals surface area contributed by atoms with Crippen molar-refractivity contribution in [1.82, 2.24) is 0 Å². The molecule has 0 heterocycles. The number of esters is 2. The van der Waals surface area contributed by atoms with Crippen LogP contribution in [0.5, 0.6) is 0 Å². The molecule has 1 atom stereocenters. The number of benzene rings is 2. The van der Waals surface area contributed by atoms with Gasteiger partial charge in [-0.05, 0) is 62.4 Å². The van der Waals surface area contributed by atoms with Gasteiger partial charge in [-0.15, -0.1) is 0 Å². The summed E-state index contributed by atoms with van der Waals surface area (Å²) < 4.78 is 10.3. The molecule has 0 aliphatic rings. The van der Waals surface area contributed by atoms with Crippen LogP contribution in [0.25, 0.3) is 11.1 Å². The van der Waals surface area contributed by atoms with Crippen LogP contribution in [0.4, 0.5) is 0 Å². The summed E-state index contributed by atoms with van der Waals surface area (Å²) >= 11 is 0. The number of hydrogen-bond acceptors (Lipinski definition) is 4. The quantitative estimate of drug-likeness (QED) is 0.279. The van der Waals surface area contributed by atoms with Crippen molar-refractivity contribution in [3.8, 4) is 11.1 Å². The van der Waals surface area contributed by atoms with Crippen molar-refractivity contribution < 1.29 is 19.1 Å². The van der Waals surface area contributed by atoms with Gasteiger partial charge < -0.3 is 9.47 Å². The molecule has 0 aromatic heterocycles. The zero-order chi connectivity index (χ0) is 22.6. The third-order valence-electron chi connectivity index (χ3n) is 5.19. The summed E-state index contributed by atoms with van der Waals surface area (Å²) in [5.74, 6) is -1.07. The normalized spacial score (nSPS) is 11.9. The van der Waals surface area contributed by atoms with Crippen LogP contribution in [0.15, 0.2) is 48.5 Å². The van der Waals surface area contributed by atoms with Crippen molar-refractivity contribution in [2.45, 2.75) is 84.8 Å². The number of hydrogen-bond donors (Lipinski definition) is 0. The van der Waals surface area contributed by atoms with Crippen molar-refractivity contribution in [1.29, 1.82) is 0 Å². The van der Waals surface area contributed by atoms with E-state index in [1.54, 1.807) is 26.0 Å². The molecule has 0 N–H and O–H groups in total. The fourth-order valence-corrected chi connectivity index (χ4v) is 3.38. The minimum atomic E-state index is -0.936. The number of rotatable bonds is 12. The van der Waals surface area contributed by atoms with Crippen molar-refractivity contribution in [2.75, 3.05) is 0 Å². The Kier molecular flexibility index (Phi) is 10.3. The highest BCUT2D eigenvalue weighted by Crippen LogP contribution is 2.22. The maximum atomic E-state index is 12.3. The van der Waals surface area contributed by atoms with Gasteiger partial charge in [-0.25, -0.2) is 9.59 Å². The van der Waals surface area contributed by atoms with Crippen LogP contribution in [-0.4, -0.2) is 24.1 Å². The fourth-order valence-electron chi connectivity index (χ4n) is 3.38. The van der Waals surface area contributed by atoms with Gasteiger partial charge in [-0.3, -0.25) is 0 Å². The standard InChI is InChI=1S/C27H36O4/c1-5-6-7-8-9-10-11-22-12-14-23(15-13-22)24-16-18-25(19-17-24)27(29)31-21(4)26(28)30-20(2)3/h12-21H,5-11H2,1-4H3/t21-/m0/s1. The summed E-state index contributed by atoms with van der Waals surface area (Å²) in [5.41, 5.74) is 3.92. The molecule has 0 fully saturated rings. The highest BCUT2D eigenvalue weighted by Gasteiger charge is 2.21. The zero-order valence-electron chi connectivity index (χ0n) is 19.4. The van der Waals surface area contributed by atoms with Gasteiger partial charge >= 0.3 is 11.9 Å². The SMILES string of the molecule is CCCCCCCCc1ccc(-c2ccc(C(=O)O[C@@H](C)C(=O)OC(C)C)cc2)cc1. The summed E-state index contributed by atoms with van der Waals surface area (Å²) in [6.07, 6.45) is 7.78. The first-order valence-electron chi connectivity index (χ1n) is 11.5. The van der Waals surface area contributed by atoms with E-state index in [0.29, 0.717) is 5.56 Å². The van der Waals surface area contributed by atoms with E-state index in [4.69, 9.17) is 9.47 Å². The highest BCUT2D eigenvalue weighted by atomic mass is 16.6. The van der Waals surface area contributed by atoms with E-state index < -0.39 is 18.0 Å². The lowest BCUT2D eigenvalue weighted by Crippen LogP contribution is -2.28. The predicted molar refractivity (Wildman–Crippen MR) is 125 cm³/mol. The van der Waals surface area contributed by atoms with E-state index in [0.717, 1.165) is 17.5 Å². The largest absolute Gasteiger partial charge is 0.460 e. The molecule has 0 aliphatic heterocycles. The maximum absolute atomic E-state index is 12.3. The van der Waals surface area contributed by atoms with E-state index in [2.05, 4.69) is 31.2 Å². The Morgan fingerprint density at radius 2 is 1.29 bits per heavy atom. The molecule has 0 bridgehead atoms. The van der Waals surface area contributed by atoms with Crippen LogP contribution in [-0.2, 0) is 20.7 Å². The third-order valence-corrected chi connectivity index (χ3v) is 5.19. The summed E-state index contributed by atoms with van der Waals surface area (Å²) in [6, 6.07) is 15.9. The first-order valence-corrected chi connectivity index (χ1v) is 11.5. The second-order valence-corrected chi connectivity index (χ2v) is 8.33. The topological polar surface area (TPSA) is 52.6 Å². The van der Waals surface area contributed by atoms with Gasteiger partial charge in [0.2, 0.25) is 0 Å². The molecule has 4 heteroatoms. The van der Waals surface area contributed by atoms with Gasteiger partial charge in [0, 0.05) is 0 Å². The maximum Gasteiger partial charge on any atom is 0.347 e. The molecule has 0 spiro atoms. The minimum absolute atomic E-state index is 0.245. The third kappa shape index (κ3) is 8.56. The molecule has 0 aliphatic carbocycles. The molecule has 168 valence electrons. The van der Waals surface area contributed by atoms with Crippen LogP contribution < -0.4 is 0 Å². The Labute approximate surface area is 187 Å². The smallest absolute Gasteiger partial charge is 0.347 e. The summed E-state index contributed by atoms with van der Waals surface area (Å²) in [6.45, 7) is 7.27.